The van der Waals surface area contributed by atoms with Gasteiger partial charge >= 0.3 is 0 Å². The van der Waals surface area contributed by atoms with Crippen LogP contribution in [0.15, 0.2) is 79.4 Å². The molecule has 0 saturated carbocycles. The van der Waals surface area contributed by atoms with Crippen LogP contribution in [0.25, 0.3) is 10.8 Å². The maximum absolute atomic E-state index is 15.5. The Morgan fingerprint density at radius 1 is 0.930 bits per heavy atom. The number of ether oxygens (including phenoxy) is 1. The molecule has 0 bridgehead atoms. The Labute approximate surface area is 334 Å². The Balaban J connectivity index is 1.99. The monoisotopic (exact) mass is 785 g/mol. The minimum Gasteiger partial charge on any atom is -0.485 e. The number of Topliss-reactive ketones (excluding diaryl/α,β-unsaturated/α-hetero) is 3. The molecule has 0 aliphatic heterocycles. The van der Waals surface area contributed by atoms with Gasteiger partial charge in [0, 0.05) is 35.9 Å². The number of benzene rings is 2. The molecule has 57 heavy (non-hydrogen) atoms. The number of carbonyl (C=O) groups excluding carboxylic acids is 4. The predicted molar refractivity (Wildman–Crippen MR) is 218 cm³/mol. The normalized spacial score (nSPS) is 17.1. The second-order valence-corrected chi connectivity index (χ2v) is 15.9. The van der Waals surface area contributed by atoms with Crippen molar-refractivity contribution in [3.63, 3.8) is 0 Å². The minimum atomic E-state index is -3.26. The summed E-state index contributed by atoms with van der Waals surface area (Å²) in [4.78, 5) is 71.4. The van der Waals surface area contributed by atoms with E-state index < -0.39 is 83.5 Å². The van der Waals surface area contributed by atoms with Crippen LogP contribution in [0.5, 0.6) is 5.75 Å². The van der Waals surface area contributed by atoms with Gasteiger partial charge in [0.2, 0.25) is 11.7 Å². The highest BCUT2D eigenvalue weighted by atomic mass is 16.5. The number of aliphatic hydroxyl groups is 2. The van der Waals surface area contributed by atoms with Gasteiger partial charge in [0.1, 0.15) is 29.9 Å². The number of hydrogen-bond acceptors (Lipinski definition) is 12. The fourth-order valence-electron chi connectivity index (χ4n) is 7.51. The Morgan fingerprint density at radius 3 is 2.23 bits per heavy atom. The molecule has 0 aliphatic rings. The van der Waals surface area contributed by atoms with Crippen LogP contribution in [-0.4, -0.2) is 84.9 Å². The first kappa shape index (κ1) is 44.8. The summed E-state index contributed by atoms with van der Waals surface area (Å²) in [5.74, 6) is -4.88. The molecular weight excluding hydrogens is 727 g/mol. The minimum absolute atomic E-state index is 0.0908. The third kappa shape index (κ3) is 9.82. The summed E-state index contributed by atoms with van der Waals surface area (Å²) in [5, 5.41) is 29.8. The summed E-state index contributed by atoms with van der Waals surface area (Å²) >= 11 is 0. The number of nitrogens with zero attached hydrogens (tertiary/aromatic N) is 2. The van der Waals surface area contributed by atoms with Crippen LogP contribution in [0.3, 0.4) is 0 Å². The lowest BCUT2D eigenvalue weighted by Gasteiger charge is -2.49. The zero-order valence-corrected chi connectivity index (χ0v) is 33.7. The van der Waals surface area contributed by atoms with E-state index >= 15 is 14.4 Å². The fraction of sp³-hybridized carbons (Fsp3) is 0.488. The summed E-state index contributed by atoms with van der Waals surface area (Å²) in [7, 11) is 0. The number of nitrogens with one attached hydrogen (secondary N) is 2. The number of ketones is 3. The van der Waals surface area contributed by atoms with Gasteiger partial charge in [0.25, 0.3) is 0 Å². The Hall–Kier alpha value is -4.86. The fourth-order valence-corrected chi connectivity index (χ4v) is 7.51. The van der Waals surface area contributed by atoms with Gasteiger partial charge in [-0.15, -0.1) is 0 Å². The van der Waals surface area contributed by atoms with Gasteiger partial charge in [-0.1, -0.05) is 90.4 Å². The highest BCUT2D eigenvalue weighted by Gasteiger charge is 2.69. The van der Waals surface area contributed by atoms with Gasteiger partial charge in [-0.2, -0.15) is 0 Å². The highest BCUT2D eigenvalue weighted by Crippen LogP contribution is 2.45. The van der Waals surface area contributed by atoms with Crippen molar-refractivity contribution in [3.8, 4) is 5.75 Å². The second-order valence-electron chi connectivity index (χ2n) is 15.9. The molecule has 2 aromatic carbocycles. The molecule has 0 radical (unpaired) electrons. The third-order valence-electron chi connectivity index (χ3n) is 10.7. The molecule has 14 nitrogen and oxygen atoms in total. The molecule has 1 amide bonds. The lowest BCUT2D eigenvalue weighted by molar-refractivity contribution is -0.197. The van der Waals surface area contributed by atoms with Crippen molar-refractivity contribution in [2.75, 3.05) is 6.61 Å². The number of fused-ring (bicyclic) bond motifs is 1. The van der Waals surface area contributed by atoms with Gasteiger partial charge < -0.3 is 42.5 Å². The molecule has 1 unspecified atom stereocenters. The predicted octanol–water partition coefficient (Wildman–Crippen LogP) is 3.34. The lowest BCUT2D eigenvalue weighted by atomic mass is 9.57. The van der Waals surface area contributed by atoms with Gasteiger partial charge in [0.15, 0.2) is 17.2 Å². The van der Waals surface area contributed by atoms with E-state index in [0.717, 1.165) is 5.39 Å². The van der Waals surface area contributed by atoms with E-state index in [1.807, 2.05) is 39.0 Å². The zero-order chi connectivity index (χ0) is 42.1. The van der Waals surface area contributed by atoms with Crippen molar-refractivity contribution in [3.05, 3.63) is 90.8 Å². The van der Waals surface area contributed by atoms with Crippen LogP contribution in [0.4, 0.5) is 0 Å². The molecule has 8 atom stereocenters. The van der Waals surface area contributed by atoms with Crippen LogP contribution in [-0.2, 0) is 25.6 Å². The van der Waals surface area contributed by atoms with E-state index in [4.69, 9.17) is 21.9 Å². The van der Waals surface area contributed by atoms with Crippen molar-refractivity contribution >= 4 is 34.0 Å². The number of carbonyl (C=O) groups is 4. The lowest BCUT2D eigenvalue weighted by Crippen LogP contribution is -2.75. The van der Waals surface area contributed by atoms with Gasteiger partial charge in [-0.25, -0.2) is 4.98 Å². The molecule has 0 fully saturated rings. The summed E-state index contributed by atoms with van der Waals surface area (Å²) in [6.45, 7) is 9.82. The number of H-pyrrole nitrogens is 1. The number of aromatic nitrogens is 3. The number of aliphatic hydroxyl groups excluding tert-OH is 1. The summed E-state index contributed by atoms with van der Waals surface area (Å²) < 4.78 is 6.07. The molecule has 0 saturated heterocycles. The average Bonchev–Trinajstić information content (AvgIpc) is 3.72. The molecule has 14 heteroatoms. The van der Waals surface area contributed by atoms with Crippen molar-refractivity contribution < 1.29 is 34.1 Å². The number of hydrogen-bond donors (Lipinski definition) is 7. The highest BCUT2D eigenvalue weighted by molar-refractivity contribution is 6.15. The summed E-state index contributed by atoms with van der Waals surface area (Å²) in [5.41, 5.74) is 14.1. The standard InChI is InChI=1S/C43H59N7O7/c1-7-27(6)36(46)38(52)37(33-16-10-11-18-48-33)50-41(55)42(21-26(4)5,39(53)32(45)20-29-22-47-24-49-29)43(56,40(54)31(44)19-25(2)3)35(51)23-57-34-17-12-14-28-13-8-9-15-30(28)34/h8-18,22,24-27,31-32,36-37,40,54,56H,7,19-21,23,44-46H2,1-6H3,(H,47,49)(H,50,55)/t27-,31-,32-,36-,37?,40+,42-,43-/m0/s1. The van der Waals surface area contributed by atoms with Crippen molar-refractivity contribution in [1.82, 2.24) is 20.3 Å². The first-order valence-electron chi connectivity index (χ1n) is 19.6. The van der Waals surface area contributed by atoms with Crippen LogP contribution < -0.4 is 27.3 Å². The summed E-state index contributed by atoms with van der Waals surface area (Å²) in [6, 6.07) is 11.8. The molecule has 0 spiro atoms. The topological polar surface area (TPSA) is 250 Å². The Kier molecular flexibility index (Phi) is 15.4. The SMILES string of the molecule is CC[C@H](C)[C@H](N)C(=O)C(NC(=O)[C@](CC(C)C)(C(=O)[C@@H](N)Cc1cnc[nH]1)[C@](O)(C(=O)COc1cccc2ccccc12)[C@H](O)[C@@H](N)CC(C)C)c1ccccn1. The number of rotatable bonds is 22. The molecule has 0 aliphatic carbocycles. The Bertz CT molecular complexity index is 1950. The number of imidazole rings is 1. The molecule has 2 aromatic heterocycles. The smallest absolute Gasteiger partial charge is 0.238 e. The van der Waals surface area contributed by atoms with E-state index in [1.54, 1.807) is 57.2 Å². The molecule has 4 rings (SSSR count). The molecule has 308 valence electrons. The maximum atomic E-state index is 15.5. The molecule has 4 aromatic rings. The summed E-state index contributed by atoms with van der Waals surface area (Å²) in [6.07, 6.45) is 2.02. The van der Waals surface area contributed by atoms with Gasteiger partial charge in [0.05, 0.1) is 24.1 Å². The second kappa shape index (κ2) is 19.5. The maximum Gasteiger partial charge on any atom is 0.238 e. The Morgan fingerprint density at radius 2 is 1.61 bits per heavy atom. The van der Waals surface area contributed by atoms with E-state index in [9.17, 15) is 15.0 Å². The number of amides is 1. The van der Waals surface area contributed by atoms with Crippen molar-refractivity contribution in [2.45, 2.75) is 103 Å². The van der Waals surface area contributed by atoms with Crippen molar-refractivity contribution in [2.24, 2.45) is 40.4 Å². The molecule has 10 N–H and O–H groups in total. The van der Waals surface area contributed by atoms with E-state index in [1.165, 1.54) is 24.8 Å². The van der Waals surface area contributed by atoms with Crippen LogP contribution >= 0.6 is 0 Å². The first-order valence-corrected chi connectivity index (χ1v) is 19.6. The van der Waals surface area contributed by atoms with Gasteiger partial charge in [-0.05, 0) is 54.2 Å². The quantitative estimate of drug-likeness (QED) is 0.0567. The van der Waals surface area contributed by atoms with E-state index in [0.29, 0.717) is 17.5 Å². The largest absolute Gasteiger partial charge is 0.485 e. The van der Waals surface area contributed by atoms with Gasteiger partial charge in [-0.3, -0.25) is 24.2 Å². The van der Waals surface area contributed by atoms with Crippen LogP contribution in [0.2, 0.25) is 0 Å². The average molecular weight is 786 g/mol. The number of nitrogens with two attached hydrogens (primary N) is 3. The zero-order valence-electron chi connectivity index (χ0n) is 33.7. The third-order valence-corrected chi connectivity index (χ3v) is 10.7. The van der Waals surface area contributed by atoms with Crippen molar-refractivity contribution in [1.29, 1.82) is 0 Å². The van der Waals surface area contributed by atoms with Crippen LogP contribution in [0.1, 0.15) is 78.2 Å². The van der Waals surface area contributed by atoms with E-state index in [2.05, 4.69) is 20.3 Å². The van der Waals surface area contributed by atoms with E-state index in [-0.39, 0.29) is 36.1 Å². The molecule has 2 heterocycles. The first-order chi connectivity index (χ1) is 27.0. The molecular formula is C43H59N7O7. The number of pyridine rings is 1. The van der Waals surface area contributed by atoms with Crippen LogP contribution in [0, 0.1) is 23.2 Å². The number of aromatic amines is 1.